The third-order valence-electron chi connectivity index (χ3n) is 2.38. The van der Waals surface area contributed by atoms with Crippen LogP contribution in [0, 0.1) is 11.7 Å². The van der Waals surface area contributed by atoms with Crippen LogP contribution in [-0.4, -0.2) is 26.2 Å². The summed E-state index contributed by atoms with van der Waals surface area (Å²) in [4.78, 5) is -0.0187. The molecule has 0 heterocycles. The fourth-order valence-corrected chi connectivity index (χ4v) is 2.18. The predicted molar refractivity (Wildman–Crippen MR) is 62.4 cm³/mol. The van der Waals surface area contributed by atoms with Gasteiger partial charge in [0, 0.05) is 6.54 Å². The lowest BCUT2D eigenvalue weighted by atomic mass is 10.1. The largest absolute Gasteiger partial charge is 0.391 e. The van der Waals surface area contributed by atoms with E-state index in [4.69, 9.17) is 0 Å². The molecule has 1 unspecified atom stereocenters. The molecule has 0 aliphatic rings. The average molecular weight is 261 g/mol. The molecule has 1 rings (SSSR count). The summed E-state index contributed by atoms with van der Waals surface area (Å²) in [6.07, 6.45) is -0.745. The first kappa shape index (κ1) is 14.1. The molecular weight excluding hydrogens is 245 g/mol. The van der Waals surface area contributed by atoms with E-state index in [9.17, 15) is 17.9 Å². The van der Waals surface area contributed by atoms with Gasteiger partial charge in [0.1, 0.15) is 5.82 Å². The number of aliphatic hydroxyl groups is 1. The van der Waals surface area contributed by atoms with Crippen LogP contribution in [0.3, 0.4) is 0 Å². The molecule has 1 aromatic carbocycles. The Hall–Kier alpha value is -0.980. The number of aliphatic hydroxyl groups excluding tert-OH is 1. The van der Waals surface area contributed by atoms with Crippen LogP contribution in [0.5, 0.6) is 0 Å². The summed E-state index contributed by atoms with van der Waals surface area (Å²) in [6.45, 7) is 3.52. The van der Waals surface area contributed by atoms with Crippen LogP contribution in [-0.2, 0) is 10.0 Å². The monoisotopic (exact) mass is 261 g/mol. The van der Waals surface area contributed by atoms with E-state index in [-0.39, 0.29) is 17.4 Å². The third-order valence-corrected chi connectivity index (χ3v) is 3.82. The first-order chi connectivity index (χ1) is 7.83. The first-order valence-electron chi connectivity index (χ1n) is 5.26. The minimum absolute atomic E-state index is 0.0187. The lowest BCUT2D eigenvalue weighted by Crippen LogP contribution is -2.34. The van der Waals surface area contributed by atoms with E-state index in [1.54, 1.807) is 13.8 Å². The number of hydrogen-bond acceptors (Lipinski definition) is 3. The second kappa shape index (κ2) is 5.57. The fraction of sp³-hybridized carbons (Fsp3) is 0.455. The molecular formula is C11H16FNO3S. The molecule has 17 heavy (non-hydrogen) atoms. The molecule has 0 bridgehead atoms. The molecule has 0 aromatic heterocycles. The van der Waals surface area contributed by atoms with Crippen LogP contribution in [0.1, 0.15) is 13.8 Å². The van der Waals surface area contributed by atoms with E-state index < -0.39 is 21.9 Å². The zero-order valence-corrected chi connectivity index (χ0v) is 10.5. The Kier molecular flexibility index (Phi) is 4.62. The zero-order valence-electron chi connectivity index (χ0n) is 9.72. The van der Waals surface area contributed by atoms with Gasteiger partial charge in [0.25, 0.3) is 0 Å². The molecule has 1 aromatic rings. The zero-order chi connectivity index (χ0) is 13.1. The van der Waals surface area contributed by atoms with Crippen LogP contribution in [0.15, 0.2) is 29.2 Å². The third kappa shape index (κ3) is 4.07. The molecule has 0 fully saturated rings. The van der Waals surface area contributed by atoms with Gasteiger partial charge in [-0.15, -0.1) is 0 Å². The fourth-order valence-electron chi connectivity index (χ4n) is 1.13. The van der Waals surface area contributed by atoms with Gasteiger partial charge in [-0.2, -0.15) is 0 Å². The van der Waals surface area contributed by atoms with Gasteiger partial charge in [-0.25, -0.2) is 17.5 Å². The van der Waals surface area contributed by atoms with Gasteiger partial charge in [0.15, 0.2) is 0 Å². The number of sulfonamides is 1. The Balaban J connectivity index is 2.72. The molecule has 0 spiro atoms. The lowest BCUT2D eigenvalue weighted by molar-refractivity contribution is 0.129. The highest BCUT2D eigenvalue weighted by atomic mass is 32.2. The number of nitrogens with one attached hydrogen (secondary N) is 1. The molecule has 6 heteroatoms. The normalized spacial score (nSPS) is 13.9. The van der Waals surface area contributed by atoms with Gasteiger partial charge in [-0.05, 0) is 30.2 Å². The average Bonchev–Trinajstić information content (AvgIpc) is 2.26. The van der Waals surface area contributed by atoms with E-state index in [2.05, 4.69) is 4.72 Å². The summed E-state index contributed by atoms with van der Waals surface area (Å²) in [5.74, 6) is -0.530. The van der Waals surface area contributed by atoms with E-state index in [1.165, 1.54) is 12.1 Å². The molecule has 0 aliphatic heterocycles. The topological polar surface area (TPSA) is 66.4 Å². The minimum Gasteiger partial charge on any atom is -0.391 e. The number of hydrogen-bond donors (Lipinski definition) is 2. The maximum Gasteiger partial charge on any atom is 0.240 e. The van der Waals surface area contributed by atoms with Crippen molar-refractivity contribution in [2.24, 2.45) is 5.92 Å². The van der Waals surface area contributed by atoms with Crippen LogP contribution in [0.25, 0.3) is 0 Å². The van der Waals surface area contributed by atoms with E-state index in [0.29, 0.717) is 0 Å². The first-order valence-corrected chi connectivity index (χ1v) is 6.74. The smallest absolute Gasteiger partial charge is 0.240 e. The van der Waals surface area contributed by atoms with Crippen LogP contribution in [0.4, 0.5) is 4.39 Å². The maximum atomic E-state index is 12.6. The molecule has 0 amide bonds. The molecule has 0 radical (unpaired) electrons. The second-order valence-electron chi connectivity index (χ2n) is 4.12. The van der Waals surface area contributed by atoms with Gasteiger partial charge in [0.2, 0.25) is 10.0 Å². The minimum atomic E-state index is -3.68. The second-order valence-corrected chi connectivity index (χ2v) is 5.88. The molecule has 2 N–H and O–H groups in total. The van der Waals surface area contributed by atoms with Crippen molar-refractivity contribution in [2.45, 2.75) is 24.8 Å². The summed E-state index contributed by atoms with van der Waals surface area (Å²) in [6, 6.07) is 4.51. The number of benzene rings is 1. The molecule has 96 valence electrons. The van der Waals surface area contributed by atoms with Gasteiger partial charge in [0.05, 0.1) is 11.0 Å². The van der Waals surface area contributed by atoms with E-state index in [1.807, 2.05) is 0 Å². The summed E-state index contributed by atoms with van der Waals surface area (Å²) in [5, 5.41) is 9.49. The maximum absolute atomic E-state index is 12.6. The Morgan fingerprint density at radius 2 is 1.82 bits per heavy atom. The summed E-state index contributed by atoms with van der Waals surface area (Å²) < 4.78 is 38.4. The van der Waals surface area contributed by atoms with Crippen molar-refractivity contribution in [1.29, 1.82) is 0 Å². The van der Waals surface area contributed by atoms with Crippen molar-refractivity contribution < 1.29 is 17.9 Å². The predicted octanol–water partition coefficient (Wildman–Crippen LogP) is 1.12. The summed E-state index contributed by atoms with van der Waals surface area (Å²) in [7, 11) is -3.68. The molecule has 0 saturated heterocycles. The highest BCUT2D eigenvalue weighted by molar-refractivity contribution is 7.89. The highest BCUT2D eigenvalue weighted by Gasteiger charge is 2.17. The van der Waals surface area contributed by atoms with Gasteiger partial charge in [-0.1, -0.05) is 13.8 Å². The lowest BCUT2D eigenvalue weighted by Gasteiger charge is -2.15. The van der Waals surface area contributed by atoms with Crippen molar-refractivity contribution in [3.05, 3.63) is 30.1 Å². The molecule has 1 atom stereocenters. The van der Waals surface area contributed by atoms with Crippen molar-refractivity contribution in [3.8, 4) is 0 Å². The molecule has 4 nitrogen and oxygen atoms in total. The van der Waals surface area contributed by atoms with Gasteiger partial charge >= 0.3 is 0 Å². The Morgan fingerprint density at radius 3 is 2.29 bits per heavy atom. The van der Waals surface area contributed by atoms with E-state index >= 15 is 0 Å². The number of halogens is 1. The quantitative estimate of drug-likeness (QED) is 0.834. The SMILES string of the molecule is CC(C)C(O)CNS(=O)(=O)c1ccc(F)cc1. The molecule has 0 aliphatic carbocycles. The summed E-state index contributed by atoms with van der Waals surface area (Å²) >= 11 is 0. The number of rotatable bonds is 5. The van der Waals surface area contributed by atoms with Crippen LogP contribution >= 0.6 is 0 Å². The highest BCUT2D eigenvalue weighted by Crippen LogP contribution is 2.10. The van der Waals surface area contributed by atoms with E-state index in [0.717, 1.165) is 12.1 Å². The van der Waals surface area contributed by atoms with Crippen molar-refractivity contribution in [3.63, 3.8) is 0 Å². The Morgan fingerprint density at radius 1 is 1.29 bits per heavy atom. The Bertz CT molecular complexity index is 456. The standard InChI is InChI=1S/C11H16FNO3S/c1-8(2)11(14)7-13-17(15,16)10-5-3-9(12)4-6-10/h3-6,8,11,13-14H,7H2,1-2H3. The van der Waals surface area contributed by atoms with Crippen molar-refractivity contribution in [1.82, 2.24) is 4.72 Å². The molecule has 0 saturated carbocycles. The Labute approximate surface area is 101 Å². The van der Waals surface area contributed by atoms with Gasteiger partial charge in [-0.3, -0.25) is 0 Å². The van der Waals surface area contributed by atoms with Crippen molar-refractivity contribution in [2.75, 3.05) is 6.54 Å². The van der Waals surface area contributed by atoms with Crippen LogP contribution < -0.4 is 4.72 Å². The summed E-state index contributed by atoms with van der Waals surface area (Å²) in [5.41, 5.74) is 0. The van der Waals surface area contributed by atoms with Crippen molar-refractivity contribution >= 4 is 10.0 Å². The van der Waals surface area contributed by atoms with Gasteiger partial charge < -0.3 is 5.11 Å². The van der Waals surface area contributed by atoms with Crippen LogP contribution in [0.2, 0.25) is 0 Å².